The summed E-state index contributed by atoms with van der Waals surface area (Å²) in [5.74, 6) is -1.29. The van der Waals surface area contributed by atoms with E-state index in [1.54, 1.807) is 0 Å². The Morgan fingerprint density at radius 1 is 1.42 bits per heavy atom. The number of non-ortho nitro benzene ring substituents is 1. The Hall–Kier alpha value is -1.71. The molecule has 0 saturated heterocycles. The molecular weight excluding hydrogens is 367 g/mol. The maximum atomic E-state index is 11.8. The van der Waals surface area contributed by atoms with Crippen molar-refractivity contribution in [3.63, 3.8) is 0 Å². The highest BCUT2D eigenvalue weighted by Crippen LogP contribution is 2.19. The number of rotatable bonds is 6. The molecule has 0 spiro atoms. The number of nitro groups is 1. The van der Waals surface area contributed by atoms with Crippen LogP contribution in [-0.2, 0) is 4.79 Å². The summed E-state index contributed by atoms with van der Waals surface area (Å²) in [5.41, 5.74) is 0.258. The van der Waals surface area contributed by atoms with E-state index in [-0.39, 0.29) is 24.6 Å². The third-order valence-corrected chi connectivity index (χ3v) is 3.15. The van der Waals surface area contributed by atoms with Crippen LogP contribution in [0.2, 0.25) is 0 Å². The summed E-state index contributed by atoms with van der Waals surface area (Å²) in [6.45, 7) is 0.248. The minimum absolute atomic E-state index is 0.0162. The van der Waals surface area contributed by atoms with Crippen molar-refractivity contribution in [1.29, 1.82) is 0 Å². The van der Waals surface area contributed by atoms with E-state index in [1.165, 1.54) is 18.2 Å². The van der Waals surface area contributed by atoms with Crippen molar-refractivity contribution in [2.75, 3.05) is 6.54 Å². The molecule has 0 aliphatic heterocycles. The van der Waals surface area contributed by atoms with Gasteiger partial charge in [0.05, 0.1) is 10.5 Å². The van der Waals surface area contributed by atoms with Crippen molar-refractivity contribution in [3.8, 4) is 0 Å². The average molecular weight is 378 g/mol. The number of nitrogens with one attached hydrogen (secondary N) is 1. The first-order chi connectivity index (χ1) is 8.91. The molecule has 2 N–H and O–H groups in total. The number of halogens is 1. The molecule has 1 aromatic carbocycles. The van der Waals surface area contributed by atoms with E-state index in [1.807, 2.05) is 22.6 Å². The Morgan fingerprint density at radius 3 is 2.63 bits per heavy atom. The van der Waals surface area contributed by atoms with Crippen LogP contribution in [0.5, 0.6) is 0 Å². The molecule has 0 aromatic heterocycles. The Kier molecular flexibility index (Phi) is 5.67. The van der Waals surface area contributed by atoms with Gasteiger partial charge in [-0.3, -0.25) is 19.7 Å². The van der Waals surface area contributed by atoms with Crippen molar-refractivity contribution in [1.82, 2.24) is 5.32 Å². The third kappa shape index (κ3) is 4.81. The number of carboxylic acid groups (broad SMARTS) is 1. The molecule has 0 heterocycles. The van der Waals surface area contributed by atoms with E-state index in [9.17, 15) is 19.7 Å². The van der Waals surface area contributed by atoms with Gasteiger partial charge in [0.15, 0.2) is 0 Å². The second-order valence-corrected chi connectivity index (χ2v) is 4.84. The number of carboxylic acids is 1. The maximum absolute atomic E-state index is 11.8. The lowest BCUT2D eigenvalue weighted by molar-refractivity contribution is -0.384. The van der Waals surface area contributed by atoms with E-state index in [2.05, 4.69) is 5.32 Å². The number of benzene rings is 1. The van der Waals surface area contributed by atoms with Crippen molar-refractivity contribution >= 4 is 40.2 Å². The maximum Gasteiger partial charge on any atom is 0.303 e. The van der Waals surface area contributed by atoms with Gasteiger partial charge < -0.3 is 10.4 Å². The Balaban J connectivity index is 2.62. The van der Waals surface area contributed by atoms with E-state index >= 15 is 0 Å². The molecule has 0 unspecified atom stereocenters. The summed E-state index contributed by atoms with van der Waals surface area (Å²) < 4.78 is 0.475. The quantitative estimate of drug-likeness (QED) is 0.340. The zero-order valence-corrected chi connectivity index (χ0v) is 11.9. The van der Waals surface area contributed by atoms with Crippen LogP contribution in [0.15, 0.2) is 18.2 Å². The first kappa shape index (κ1) is 15.3. The smallest absolute Gasteiger partial charge is 0.303 e. The molecule has 1 aromatic rings. The SMILES string of the molecule is O=C(O)CCCNC(=O)c1ccc([N+](=O)[O-])cc1I. The fourth-order valence-corrected chi connectivity index (χ4v) is 2.08. The van der Waals surface area contributed by atoms with Crippen LogP contribution in [0, 0.1) is 13.7 Å². The monoisotopic (exact) mass is 378 g/mol. The molecule has 0 fully saturated rings. The number of amides is 1. The lowest BCUT2D eigenvalue weighted by Crippen LogP contribution is -2.25. The van der Waals surface area contributed by atoms with Gasteiger partial charge in [0.25, 0.3) is 11.6 Å². The molecular formula is C11H11IN2O5. The first-order valence-electron chi connectivity index (χ1n) is 5.35. The van der Waals surface area contributed by atoms with E-state index < -0.39 is 10.9 Å². The van der Waals surface area contributed by atoms with Crippen molar-refractivity contribution in [3.05, 3.63) is 37.4 Å². The van der Waals surface area contributed by atoms with E-state index in [0.717, 1.165) is 0 Å². The number of aliphatic carboxylic acids is 1. The number of hydrogen-bond acceptors (Lipinski definition) is 4. The highest BCUT2D eigenvalue weighted by Gasteiger charge is 2.14. The van der Waals surface area contributed by atoms with Gasteiger partial charge in [0.1, 0.15) is 0 Å². The zero-order chi connectivity index (χ0) is 14.4. The topological polar surface area (TPSA) is 110 Å². The lowest BCUT2D eigenvalue weighted by Gasteiger charge is -2.06. The average Bonchev–Trinajstić information content (AvgIpc) is 2.33. The fourth-order valence-electron chi connectivity index (χ4n) is 1.34. The van der Waals surface area contributed by atoms with E-state index in [0.29, 0.717) is 15.6 Å². The Morgan fingerprint density at radius 2 is 2.11 bits per heavy atom. The Labute approximate surface area is 122 Å². The summed E-state index contributed by atoms with van der Waals surface area (Å²) >= 11 is 1.85. The molecule has 0 saturated carbocycles. The Bertz CT molecular complexity index is 518. The predicted molar refractivity (Wildman–Crippen MR) is 75.0 cm³/mol. The molecule has 1 amide bonds. The van der Waals surface area contributed by atoms with Gasteiger partial charge in [-0.05, 0) is 35.1 Å². The molecule has 0 atom stereocenters. The number of nitro benzene ring substituents is 1. The van der Waals surface area contributed by atoms with Crippen LogP contribution in [0.25, 0.3) is 0 Å². The van der Waals surface area contributed by atoms with Gasteiger partial charge in [0, 0.05) is 28.7 Å². The molecule has 1 rings (SSSR count). The molecule has 19 heavy (non-hydrogen) atoms. The van der Waals surface area contributed by atoms with Gasteiger partial charge in [0.2, 0.25) is 0 Å². The second kappa shape index (κ2) is 7.02. The summed E-state index contributed by atoms with van der Waals surface area (Å²) in [7, 11) is 0. The molecule has 0 aliphatic rings. The highest BCUT2D eigenvalue weighted by atomic mass is 127. The predicted octanol–water partition coefficient (Wildman–Crippen LogP) is 1.79. The molecule has 0 aliphatic carbocycles. The van der Waals surface area contributed by atoms with Gasteiger partial charge in [-0.2, -0.15) is 0 Å². The van der Waals surface area contributed by atoms with Gasteiger partial charge in [-0.25, -0.2) is 0 Å². The minimum Gasteiger partial charge on any atom is -0.481 e. The minimum atomic E-state index is -0.917. The fraction of sp³-hybridized carbons (Fsp3) is 0.273. The second-order valence-electron chi connectivity index (χ2n) is 3.67. The number of hydrogen-bond donors (Lipinski definition) is 2. The molecule has 0 radical (unpaired) electrons. The van der Waals surface area contributed by atoms with Crippen molar-refractivity contribution < 1.29 is 19.6 Å². The summed E-state index contributed by atoms with van der Waals surface area (Å²) in [4.78, 5) is 32.1. The third-order valence-electron chi connectivity index (χ3n) is 2.26. The van der Waals surface area contributed by atoms with Crippen LogP contribution in [0.3, 0.4) is 0 Å². The molecule has 8 heteroatoms. The van der Waals surface area contributed by atoms with Crippen molar-refractivity contribution in [2.24, 2.45) is 0 Å². The van der Waals surface area contributed by atoms with Crippen molar-refractivity contribution in [2.45, 2.75) is 12.8 Å². The normalized spacial score (nSPS) is 9.95. The summed E-state index contributed by atoms with van der Waals surface area (Å²) in [5, 5.41) is 21.6. The summed E-state index contributed by atoms with van der Waals surface area (Å²) in [6, 6.07) is 3.95. The number of carbonyl (C=O) groups is 2. The number of carbonyl (C=O) groups excluding carboxylic acids is 1. The highest BCUT2D eigenvalue weighted by molar-refractivity contribution is 14.1. The van der Waals surface area contributed by atoms with Crippen LogP contribution in [0.1, 0.15) is 23.2 Å². The lowest BCUT2D eigenvalue weighted by atomic mass is 10.2. The molecule has 7 nitrogen and oxygen atoms in total. The van der Waals surface area contributed by atoms with Gasteiger partial charge >= 0.3 is 5.97 Å². The number of nitrogens with zero attached hydrogens (tertiary/aromatic N) is 1. The van der Waals surface area contributed by atoms with Crippen LogP contribution >= 0.6 is 22.6 Å². The zero-order valence-electron chi connectivity index (χ0n) is 9.76. The van der Waals surface area contributed by atoms with Crippen LogP contribution < -0.4 is 5.32 Å². The molecule has 0 bridgehead atoms. The van der Waals surface area contributed by atoms with Gasteiger partial charge in [-0.15, -0.1) is 0 Å². The van der Waals surface area contributed by atoms with Crippen LogP contribution in [0.4, 0.5) is 5.69 Å². The van der Waals surface area contributed by atoms with Gasteiger partial charge in [-0.1, -0.05) is 0 Å². The molecule has 102 valence electrons. The largest absolute Gasteiger partial charge is 0.481 e. The summed E-state index contributed by atoms with van der Waals surface area (Å²) in [6.07, 6.45) is 0.322. The standard InChI is InChI=1S/C11H11IN2O5/c12-9-6-7(14(18)19)3-4-8(9)11(17)13-5-1-2-10(15)16/h3-4,6H,1-2,5H2,(H,13,17)(H,15,16). The first-order valence-corrected chi connectivity index (χ1v) is 6.43. The van der Waals surface area contributed by atoms with Crippen LogP contribution in [-0.4, -0.2) is 28.5 Å². The van der Waals surface area contributed by atoms with E-state index in [4.69, 9.17) is 5.11 Å².